The van der Waals surface area contributed by atoms with Crippen molar-refractivity contribution in [3.05, 3.63) is 6.15 Å². The molecular formula is Cu3N. The maximum Gasteiger partial charge on any atom is 1.00 e. The van der Waals surface area contributed by atoms with E-state index in [4.69, 9.17) is 0 Å². The molecule has 0 radical (unpaired) electrons. The third-order valence-electron chi connectivity index (χ3n) is 0. The molecule has 4 heteroatoms. The molecule has 0 aliphatic heterocycles. The third kappa shape index (κ3) is 9.68. The van der Waals surface area contributed by atoms with E-state index >= 15 is 0 Å². The second-order valence-corrected chi connectivity index (χ2v) is 0. The minimum atomic E-state index is 0. The minimum Gasteiger partial charge on any atom is -3.00 e. The van der Waals surface area contributed by atoms with Gasteiger partial charge in [0.15, 0.2) is 0 Å². The van der Waals surface area contributed by atoms with Crippen molar-refractivity contribution >= 4 is 0 Å². The molecule has 0 unspecified atom stereocenters. The molecule has 0 aliphatic rings. The summed E-state index contributed by atoms with van der Waals surface area (Å²) < 4.78 is 0. The molecule has 0 rings (SSSR count). The fraction of sp³-hybridized carbons (Fsp3) is 0. The van der Waals surface area contributed by atoms with Crippen molar-refractivity contribution in [2.75, 3.05) is 0 Å². The van der Waals surface area contributed by atoms with Crippen LogP contribution in [0.3, 0.4) is 0 Å². The Balaban J connectivity index is 0. The summed E-state index contributed by atoms with van der Waals surface area (Å²) in [5.74, 6) is 0. The Morgan fingerprint density at radius 2 is 0.500 bits per heavy atom. The van der Waals surface area contributed by atoms with Gasteiger partial charge in [0.1, 0.15) is 0 Å². The van der Waals surface area contributed by atoms with Gasteiger partial charge >= 0.3 is 51.2 Å². The number of rotatable bonds is 0. The Bertz CT molecular complexity index is 3.25. The van der Waals surface area contributed by atoms with Crippen LogP contribution in [0.5, 0.6) is 0 Å². The van der Waals surface area contributed by atoms with Crippen molar-refractivity contribution in [2.45, 2.75) is 0 Å². The van der Waals surface area contributed by atoms with Gasteiger partial charge in [0, 0.05) is 0 Å². The molecule has 0 heterocycles. The average molecular weight is 205 g/mol. The average Bonchev–Trinajstić information content (AvgIpc) is 0. The summed E-state index contributed by atoms with van der Waals surface area (Å²) in [6.45, 7) is 0. The van der Waals surface area contributed by atoms with Crippen LogP contribution in [0.15, 0.2) is 0 Å². The fourth-order valence-electron chi connectivity index (χ4n) is 0. The zero-order chi connectivity index (χ0) is 0. The molecule has 1 nitrogen and oxygen atoms in total. The normalized spacial score (nSPS) is 0. The monoisotopic (exact) mass is 203 g/mol. The number of nitrogens with zero attached hydrogens (tertiary/aromatic N) is 1. The SMILES string of the molecule is [Cu+].[Cu+].[Cu+].[N-3]. The van der Waals surface area contributed by atoms with Gasteiger partial charge in [-0.05, 0) is 0 Å². The Hall–Kier alpha value is 1.52. The van der Waals surface area contributed by atoms with E-state index in [1.165, 1.54) is 0 Å². The van der Waals surface area contributed by atoms with Crippen molar-refractivity contribution < 1.29 is 51.2 Å². The van der Waals surface area contributed by atoms with Crippen LogP contribution in [0.2, 0.25) is 0 Å². The Kier molecular flexibility index (Phi) is 296. The van der Waals surface area contributed by atoms with Crippen LogP contribution in [0.25, 0.3) is 6.15 Å². The topological polar surface area (TPSA) is 30.5 Å². The van der Waals surface area contributed by atoms with Crippen molar-refractivity contribution in [1.82, 2.24) is 0 Å². The largest absolute Gasteiger partial charge is 3.00 e. The summed E-state index contributed by atoms with van der Waals surface area (Å²) >= 11 is 0. The molecule has 0 atom stereocenters. The van der Waals surface area contributed by atoms with E-state index in [0.717, 1.165) is 0 Å². The van der Waals surface area contributed by atoms with Crippen LogP contribution >= 0.6 is 0 Å². The van der Waals surface area contributed by atoms with Gasteiger partial charge in [0.2, 0.25) is 0 Å². The molecule has 0 aromatic carbocycles. The van der Waals surface area contributed by atoms with Crippen LogP contribution in [-0.2, 0) is 51.2 Å². The first-order chi connectivity index (χ1) is 0. The van der Waals surface area contributed by atoms with Crippen LogP contribution in [0.4, 0.5) is 0 Å². The first kappa shape index (κ1) is 48.9. The summed E-state index contributed by atoms with van der Waals surface area (Å²) in [5.41, 5.74) is 0. The smallest absolute Gasteiger partial charge is 1.00 e. The molecule has 0 N–H and O–H groups in total. The van der Waals surface area contributed by atoms with Crippen molar-refractivity contribution in [2.24, 2.45) is 0 Å². The first-order valence-corrected chi connectivity index (χ1v) is 0. The number of hydrogen-bond donors (Lipinski definition) is 0. The Morgan fingerprint density at radius 3 is 0.500 bits per heavy atom. The van der Waals surface area contributed by atoms with Gasteiger partial charge in [0.25, 0.3) is 0 Å². The van der Waals surface area contributed by atoms with Crippen LogP contribution in [-0.4, -0.2) is 0 Å². The van der Waals surface area contributed by atoms with E-state index in [1.54, 1.807) is 0 Å². The Labute approximate surface area is 57.3 Å². The van der Waals surface area contributed by atoms with Gasteiger partial charge in [-0.2, -0.15) is 0 Å². The van der Waals surface area contributed by atoms with Gasteiger partial charge in [-0.1, -0.05) is 0 Å². The van der Waals surface area contributed by atoms with Crippen LogP contribution < -0.4 is 0 Å². The molecule has 0 aromatic rings. The zero-order valence-electron chi connectivity index (χ0n) is 1.35. The second-order valence-electron chi connectivity index (χ2n) is 0. The molecule has 38 valence electrons. The van der Waals surface area contributed by atoms with Gasteiger partial charge < -0.3 is 6.15 Å². The Morgan fingerprint density at radius 1 is 0.500 bits per heavy atom. The number of hydrogen-bond acceptors (Lipinski definition) is 0. The van der Waals surface area contributed by atoms with Gasteiger partial charge in [-0.3, -0.25) is 0 Å². The van der Waals surface area contributed by atoms with Crippen molar-refractivity contribution in [3.63, 3.8) is 0 Å². The molecule has 0 amide bonds. The molecule has 4 heavy (non-hydrogen) atoms. The summed E-state index contributed by atoms with van der Waals surface area (Å²) in [6, 6.07) is 0. The predicted octanol–water partition coefficient (Wildman–Crippen LogP) is 0.281. The van der Waals surface area contributed by atoms with Crippen molar-refractivity contribution in [1.29, 1.82) is 0 Å². The predicted molar refractivity (Wildman–Crippen MR) is 3.36 cm³/mol. The molecular weight excluding hydrogens is 205 g/mol. The van der Waals surface area contributed by atoms with E-state index in [2.05, 4.69) is 0 Å². The van der Waals surface area contributed by atoms with E-state index in [0.29, 0.717) is 0 Å². The molecule has 0 saturated carbocycles. The molecule has 0 saturated heterocycles. The molecule has 0 bridgehead atoms. The second kappa shape index (κ2) is 24.3. The summed E-state index contributed by atoms with van der Waals surface area (Å²) in [5, 5.41) is 0. The van der Waals surface area contributed by atoms with E-state index in [9.17, 15) is 0 Å². The third-order valence-corrected chi connectivity index (χ3v) is 0. The van der Waals surface area contributed by atoms with Gasteiger partial charge in [-0.15, -0.1) is 0 Å². The molecule has 0 aliphatic carbocycles. The quantitative estimate of drug-likeness (QED) is 0.508. The maximum absolute atomic E-state index is 0. The fourth-order valence-corrected chi connectivity index (χ4v) is 0. The summed E-state index contributed by atoms with van der Waals surface area (Å²) in [6.07, 6.45) is 0. The minimum absolute atomic E-state index is 0. The zero-order valence-corrected chi connectivity index (χ0v) is 4.18. The summed E-state index contributed by atoms with van der Waals surface area (Å²) in [4.78, 5) is 0. The van der Waals surface area contributed by atoms with E-state index in [1.807, 2.05) is 0 Å². The van der Waals surface area contributed by atoms with Gasteiger partial charge in [0.05, 0.1) is 0 Å². The molecule has 0 fully saturated rings. The molecule has 0 aromatic heterocycles. The van der Waals surface area contributed by atoms with Crippen LogP contribution in [0.1, 0.15) is 0 Å². The van der Waals surface area contributed by atoms with E-state index in [-0.39, 0.29) is 57.4 Å². The van der Waals surface area contributed by atoms with Crippen LogP contribution in [0, 0.1) is 0 Å². The standard InChI is InChI=1S/3Cu.N/q3*+1;-3. The maximum atomic E-state index is 0. The first-order valence-electron chi connectivity index (χ1n) is 0. The molecule has 0 spiro atoms. The summed E-state index contributed by atoms with van der Waals surface area (Å²) in [7, 11) is 0. The van der Waals surface area contributed by atoms with Gasteiger partial charge in [-0.25, -0.2) is 0 Å². The van der Waals surface area contributed by atoms with E-state index < -0.39 is 0 Å². The van der Waals surface area contributed by atoms with Crippen molar-refractivity contribution in [3.8, 4) is 0 Å².